The van der Waals surface area contributed by atoms with Crippen LogP contribution in [0.1, 0.15) is 5.56 Å². The maximum absolute atomic E-state index is 12.7. The molecule has 2 aromatic carbocycles. The minimum atomic E-state index is -0.201. The smallest absolute Gasteiger partial charge is 0.234 e. The first-order valence-electron chi connectivity index (χ1n) is 9.85. The summed E-state index contributed by atoms with van der Waals surface area (Å²) >= 11 is 10.9. The third-order valence-electron chi connectivity index (χ3n) is 4.73. The summed E-state index contributed by atoms with van der Waals surface area (Å²) in [6.45, 7) is 1.87. The van der Waals surface area contributed by atoms with Gasteiger partial charge < -0.3 is 10.1 Å². The van der Waals surface area contributed by atoms with Crippen LogP contribution in [0.4, 0.5) is 5.69 Å². The van der Waals surface area contributed by atoms with E-state index in [0.29, 0.717) is 27.4 Å². The number of halogens is 2. The summed E-state index contributed by atoms with van der Waals surface area (Å²) in [5, 5.41) is 12.8. The molecule has 4 rings (SSSR count). The molecule has 0 saturated carbocycles. The molecule has 1 N–H and O–H groups in total. The number of aromatic nitrogens is 4. The van der Waals surface area contributed by atoms with Gasteiger partial charge in [-0.15, -0.1) is 10.2 Å². The summed E-state index contributed by atoms with van der Waals surface area (Å²) in [5.74, 6) is 1.07. The van der Waals surface area contributed by atoms with Crippen molar-refractivity contribution in [3.05, 3.63) is 76.0 Å². The zero-order valence-electron chi connectivity index (χ0n) is 17.8. The van der Waals surface area contributed by atoms with E-state index in [1.54, 1.807) is 24.5 Å². The van der Waals surface area contributed by atoms with Crippen molar-refractivity contribution in [1.82, 2.24) is 19.7 Å². The lowest BCUT2D eigenvalue weighted by atomic mass is 10.2. The number of nitrogens with zero attached hydrogens (tertiary/aromatic N) is 4. The zero-order valence-corrected chi connectivity index (χ0v) is 20.9. The number of hydrogen-bond acceptors (Lipinski definition) is 6. The number of carbonyl (C=O) groups is 1. The predicted octanol–water partition coefficient (Wildman–Crippen LogP) is 5.79. The van der Waals surface area contributed by atoms with Crippen molar-refractivity contribution < 1.29 is 9.53 Å². The van der Waals surface area contributed by atoms with Gasteiger partial charge in [0.15, 0.2) is 11.0 Å². The number of nitrogens with one attached hydrogen (secondary N) is 1. The summed E-state index contributed by atoms with van der Waals surface area (Å²) < 4.78 is 8.21. The van der Waals surface area contributed by atoms with Crippen LogP contribution in [0.15, 0.2) is 70.6 Å². The van der Waals surface area contributed by atoms with Crippen molar-refractivity contribution >= 4 is 50.9 Å². The van der Waals surface area contributed by atoms with E-state index in [0.717, 1.165) is 21.3 Å². The van der Waals surface area contributed by atoms with Gasteiger partial charge in [0.25, 0.3) is 0 Å². The first-order chi connectivity index (χ1) is 16.0. The molecule has 1 amide bonds. The second-order valence-corrected chi connectivity index (χ2v) is 9.26. The number of methoxy groups -OCH3 is 1. The zero-order chi connectivity index (χ0) is 23.4. The second kappa shape index (κ2) is 10.4. The highest BCUT2D eigenvalue weighted by atomic mass is 79.9. The van der Waals surface area contributed by atoms with Gasteiger partial charge in [0, 0.05) is 39.2 Å². The number of pyridine rings is 1. The minimum absolute atomic E-state index is 0.131. The van der Waals surface area contributed by atoms with Crippen LogP contribution >= 0.6 is 39.3 Å². The Labute approximate surface area is 208 Å². The molecule has 0 atom stereocenters. The van der Waals surface area contributed by atoms with Crippen molar-refractivity contribution in [1.29, 1.82) is 0 Å². The number of rotatable bonds is 7. The number of benzene rings is 2. The Morgan fingerprint density at radius 3 is 2.70 bits per heavy atom. The van der Waals surface area contributed by atoms with Gasteiger partial charge in [-0.3, -0.25) is 14.3 Å². The summed E-state index contributed by atoms with van der Waals surface area (Å²) in [4.78, 5) is 16.9. The number of anilines is 1. The number of aryl methyl sites for hydroxylation is 1. The molecule has 4 aromatic rings. The number of thioether (sulfide) groups is 1. The van der Waals surface area contributed by atoms with Crippen LogP contribution in [0.5, 0.6) is 5.75 Å². The Morgan fingerprint density at radius 1 is 1.21 bits per heavy atom. The van der Waals surface area contributed by atoms with Crippen LogP contribution in [0.3, 0.4) is 0 Å². The minimum Gasteiger partial charge on any atom is -0.495 e. The van der Waals surface area contributed by atoms with E-state index < -0.39 is 0 Å². The Morgan fingerprint density at radius 2 is 2.00 bits per heavy atom. The highest BCUT2D eigenvalue weighted by Gasteiger charge is 2.18. The molecule has 0 bridgehead atoms. The van der Waals surface area contributed by atoms with Crippen LogP contribution < -0.4 is 10.1 Å². The number of carbonyl (C=O) groups excluding carboxylic acids is 1. The highest BCUT2D eigenvalue weighted by Crippen LogP contribution is 2.32. The van der Waals surface area contributed by atoms with E-state index in [-0.39, 0.29) is 11.7 Å². The van der Waals surface area contributed by atoms with Crippen molar-refractivity contribution in [3.63, 3.8) is 0 Å². The van der Waals surface area contributed by atoms with Crippen molar-refractivity contribution in [2.45, 2.75) is 12.1 Å². The Kier molecular flexibility index (Phi) is 7.32. The maximum Gasteiger partial charge on any atom is 0.234 e. The van der Waals surface area contributed by atoms with E-state index in [1.165, 1.54) is 18.9 Å². The Bertz CT molecular complexity index is 1280. The van der Waals surface area contributed by atoms with Crippen molar-refractivity contribution in [2.24, 2.45) is 0 Å². The summed E-state index contributed by atoms with van der Waals surface area (Å²) in [6.07, 6.45) is 3.44. The molecule has 2 aromatic heterocycles. The summed E-state index contributed by atoms with van der Waals surface area (Å²) in [6, 6.07) is 15.0. The molecule has 0 spiro atoms. The van der Waals surface area contributed by atoms with Gasteiger partial charge in [-0.1, -0.05) is 39.3 Å². The summed E-state index contributed by atoms with van der Waals surface area (Å²) in [7, 11) is 1.53. The van der Waals surface area contributed by atoms with Crippen LogP contribution in [-0.2, 0) is 4.79 Å². The molecular weight excluding hydrogens is 526 g/mol. The standard InChI is InChI=1S/C23H19BrClN5O2S/c1-14-10-19(20(32-2)11-18(14)25)27-21(31)13-33-23-29-28-22(15-4-3-9-26-12-15)30(23)17-7-5-16(24)6-8-17/h3-12H,13H2,1-2H3,(H,27,31). The van der Waals surface area contributed by atoms with Crippen LogP contribution in [0, 0.1) is 6.92 Å². The van der Waals surface area contributed by atoms with Gasteiger partial charge in [-0.05, 0) is 55.0 Å². The van der Waals surface area contributed by atoms with Crippen LogP contribution in [0.25, 0.3) is 17.1 Å². The van der Waals surface area contributed by atoms with Gasteiger partial charge in [-0.25, -0.2) is 0 Å². The largest absolute Gasteiger partial charge is 0.495 e. The molecule has 33 heavy (non-hydrogen) atoms. The number of amides is 1. The molecule has 0 aliphatic carbocycles. The number of hydrogen-bond donors (Lipinski definition) is 1. The topological polar surface area (TPSA) is 81.9 Å². The summed E-state index contributed by atoms with van der Waals surface area (Å²) in [5.41, 5.74) is 3.11. The average Bonchev–Trinajstić information content (AvgIpc) is 3.25. The van der Waals surface area contributed by atoms with E-state index >= 15 is 0 Å². The molecule has 0 aliphatic rings. The van der Waals surface area contributed by atoms with Crippen LogP contribution in [-0.4, -0.2) is 38.5 Å². The first-order valence-corrected chi connectivity index (χ1v) is 12.0. The molecule has 0 unspecified atom stereocenters. The fourth-order valence-corrected chi connectivity index (χ4v) is 4.28. The maximum atomic E-state index is 12.7. The first kappa shape index (κ1) is 23.3. The van der Waals surface area contributed by atoms with Gasteiger partial charge in [0.05, 0.1) is 18.6 Å². The molecule has 0 saturated heterocycles. The molecule has 168 valence electrons. The number of ether oxygens (including phenoxy) is 1. The lowest BCUT2D eigenvalue weighted by Gasteiger charge is -2.13. The third-order valence-corrected chi connectivity index (χ3v) is 6.59. The fourth-order valence-electron chi connectivity index (χ4n) is 3.11. The highest BCUT2D eigenvalue weighted by molar-refractivity contribution is 9.10. The Balaban J connectivity index is 1.59. The monoisotopic (exact) mass is 543 g/mol. The van der Waals surface area contributed by atoms with E-state index in [9.17, 15) is 4.79 Å². The molecule has 2 heterocycles. The SMILES string of the molecule is COc1cc(Cl)c(C)cc1NC(=O)CSc1nnc(-c2cccnc2)n1-c1ccc(Br)cc1. The lowest BCUT2D eigenvalue weighted by molar-refractivity contribution is -0.113. The Hall–Kier alpha value is -2.88. The molecule has 7 nitrogen and oxygen atoms in total. The van der Waals surface area contributed by atoms with Gasteiger partial charge in [-0.2, -0.15) is 0 Å². The lowest BCUT2D eigenvalue weighted by Crippen LogP contribution is -2.15. The quantitative estimate of drug-likeness (QED) is 0.297. The predicted molar refractivity (Wildman–Crippen MR) is 134 cm³/mol. The average molecular weight is 545 g/mol. The van der Waals surface area contributed by atoms with Gasteiger partial charge in [0.1, 0.15) is 5.75 Å². The van der Waals surface area contributed by atoms with Gasteiger partial charge in [0.2, 0.25) is 5.91 Å². The molecule has 0 aliphatic heterocycles. The van der Waals surface area contributed by atoms with E-state index in [2.05, 4.69) is 36.4 Å². The third kappa shape index (κ3) is 5.38. The second-order valence-electron chi connectivity index (χ2n) is 7.00. The van der Waals surface area contributed by atoms with Crippen molar-refractivity contribution in [3.8, 4) is 22.8 Å². The molecule has 0 fully saturated rings. The normalized spacial score (nSPS) is 10.8. The van der Waals surface area contributed by atoms with E-state index in [4.69, 9.17) is 16.3 Å². The fraction of sp³-hybridized carbons (Fsp3) is 0.130. The molecule has 0 radical (unpaired) electrons. The van der Waals surface area contributed by atoms with E-state index in [1.807, 2.05) is 47.9 Å². The van der Waals surface area contributed by atoms with Gasteiger partial charge >= 0.3 is 0 Å². The molecular formula is C23H19BrClN5O2S. The molecule has 10 heteroatoms. The van der Waals surface area contributed by atoms with Crippen molar-refractivity contribution in [2.75, 3.05) is 18.2 Å². The van der Waals surface area contributed by atoms with Crippen LogP contribution in [0.2, 0.25) is 5.02 Å².